The normalized spacial score (nSPS) is 10.8. The minimum atomic E-state index is -0.422. The predicted octanol–water partition coefficient (Wildman–Crippen LogP) is 4.88. The molecular weight excluding hydrogens is 429 g/mol. The van der Waals surface area contributed by atoms with Crippen LogP contribution in [0, 0.1) is 3.57 Å². The fraction of sp³-hybridized carbons (Fsp3) is 0.176. The second-order valence-corrected chi connectivity index (χ2v) is 6.11. The molecule has 0 amide bonds. The SMILES string of the molecule is CCOc1ccc(C=Nc2cc(C(=O)OC)ccc2Cl)cc1I. The van der Waals surface area contributed by atoms with Gasteiger partial charge in [0.05, 0.1) is 33.6 Å². The highest BCUT2D eigenvalue weighted by atomic mass is 127. The Hall–Kier alpha value is -1.60. The van der Waals surface area contributed by atoms with Gasteiger partial charge in [0.25, 0.3) is 0 Å². The Balaban J connectivity index is 2.26. The average molecular weight is 444 g/mol. The molecule has 23 heavy (non-hydrogen) atoms. The van der Waals surface area contributed by atoms with Gasteiger partial charge in [-0.1, -0.05) is 11.6 Å². The molecule has 0 saturated carbocycles. The van der Waals surface area contributed by atoms with Crippen LogP contribution in [0.25, 0.3) is 0 Å². The van der Waals surface area contributed by atoms with E-state index in [1.807, 2.05) is 25.1 Å². The zero-order chi connectivity index (χ0) is 16.8. The van der Waals surface area contributed by atoms with Crippen LogP contribution >= 0.6 is 34.2 Å². The lowest BCUT2D eigenvalue weighted by Gasteiger charge is -2.06. The molecule has 0 aliphatic rings. The monoisotopic (exact) mass is 443 g/mol. The third-order valence-corrected chi connectivity index (χ3v) is 4.14. The molecule has 0 fully saturated rings. The van der Waals surface area contributed by atoms with E-state index in [1.54, 1.807) is 24.4 Å². The highest BCUT2D eigenvalue weighted by Gasteiger charge is 2.08. The van der Waals surface area contributed by atoms with Gasteiger partial charge < -0.3 is 9.47 Å². The first-order chi connectivity index (χ1) is 11.0. The summed E-state index contributed by atoms with van der Waals surface area (Å²) in [6.45, 7) is 2.57. The molecule has 0 atom stereocenters. The summed E-state index contributed by atoms with van der Waals surface area (Å²) in [5.41, 5.74) is 1.83. The Kier molecular flexibility index (Phi) is 6.41. The minimum Gasteiger partial charge on any atom is -0.493 e. The molecule has 0 bridgehead atoms. The third kappa shape index (κ3) is 4.68. The van der Waals surface area contributed by atoms with Crippen molar-refractivity contribution in [2.75, 3.05) is 13.7 Å². The van der Waals surface area contributed by atoms with E-state index in [0.29, 0.717) is 22.9 Å². The summed E-state index contributed by atoms with van der Waals surface area (Å²) in [6, 6.07) is 10.6. The number of nitrogens with zero attached hydrogens (tertiary/aromatic N) is 1. The van der Waals surface area contributed by atoms with Crippen LogP contribution in [0.3, 0.4) is 0 Å². The maximum Gasteiger partial charge on any atom is 0.337 e. The molecule has 0 unspecified atom stereocenters. The summed E-state index contributed by atoms with van der Waals surface area (Å²) in [6.07, 6.45) is 1.69. The maximum atomic E-state index is 11.6. The molecule has 0 spiro atoms. The maximum absolute atomic E-state index is 11.6. The summed E-state index contributed by atoms with van der Waals surface area (Å²) >= 11 is 8.34. The number of rotatable bonds is 5. The van der Waals surface area contributed by atoms with Gasteiger partial charge in [-0.05, 0) is 71.5 Å². The van der Waals surface area contributed by atoms with Crippen molar-refractivity contribution in [3.05, 3.63) is 56.1 Å². The van der Waals surface area contributed by atoms with E-state index in [9.17, 15) is 4.79 Å². The van der Waals surface area contributed by atoms with Crippen molar-refractivity contribution in [1.29, 1.82) is 0 Å². The van der Waals surface area contributed by atoms with E-state index < -0.39 is 5.97 Å². The zero-order valence-electron chi connectivity index (χ0n) is 12.7. The fourth-order valence-corrected chi connectivity index (χ4v) is 2.73. The van der Waals surface area contributed by atoms with Gasteiger partial charge in [0.2, 0.25) is 0 Å². The molecule has 6 heteroatoms. The molecule has 4 nitrogen and oxygen atoms in total. The van der Waals surface area contributed by atoms with Gasteiger partial charge in [0.1, 0.15) is 5.75 Å². The fourth-order valence-electron chi connectivity index (χ4n) is 1.87. The lowest BCUT2D eigenvalue weighted by atomic mass is 10.2. The smallest absolute Gasteiger partial charge is 0.337 e. The second-order valence-electron chi connectivity index (χ2n) is 4.54. The number of benzene rings is 2. The second kappa shape index (κ2) is 8.31. The Labute approximate surface area is 153 Å². The van der Waals surface area contributed by atoms with Crippen LogP contribution in [0.2, 0.25) is 5.02 Å². The molecule has 2 aromatic carbocycles. The summed E-state index contributed by atoms with van der Waals surface area (Å²) in [4.78, 5) is 15.9. The highest BCUT2D eigenvalue weighted by Crippen LogP contribution is 2.27. The molecule has 0 N–H and O–H groups in total. The van der Waals surface area contributed by atoms with Crippen molar-refractivity contribution in [2.24, 2.45) is 4.99 Å². The summed E-state index contributed by atoms with van der Waals surface area (Å²) in [5.74, 6) is 0.421. The van der Waals surface area contributed by atoms with E-state index in [0.717, 1.165) is 14.9 Å². The number of aliphatic imine (C=N–C) groups is 1. The number of carbonyl (C=O) groups excluding carboxylic acids is 1. The number of ether oxygens (including phenoxy) is 2. The molecular formula is C17H15ClINO3. The van der Waals surface area contributed by atoms with Crippen LogP contribution in [0.1, 0.15) is 22.8 Å². The third-order valence-electron chi connectivity index (χ3n) is 2.98. The first-order valence-electron chi connectivity index (χ1n) is 6.89. The molecule has 2 aromatic rings. The highest BCUT2D eigenvalue weighted by molar-refractivity contribution is 14.1. The Bertz CT molecular complexity index is 747. The Morgan fingerprint density at radius 1 is 1.30 bits per heavy atom. The van der Waals surface area contributed by atoms with E-state index in [-0.39, 0.29) is 0 Å². The van der Waals surface area contributed by atoms with Gasteiger partial charge in [0, 0.05) is 6.21 Å². The van der Waals surface area contributed by atoms with Crippen LogP contribution in [0.15, 0.2) is 41.4 Å². The van der Waals surface area contributed by atoms with E-state index in [1.165, 1.54) is 7.11 Å². The first-order valence-corrected chi connectivity index (χ1v) is 8.35. The number of methoxy groups -OCH3 is 1. The molecule has 0 saturated heterocycles. The lowest BCUT2D eigenvalue weighted by molar-refractivity contribution is 0.0601. The molecule has 0 aliphatic heterocycles. The number of esters is 1. The first kappa shape index (κ1) is 17.7. The van der Waals surface area contributed by atoms with Gasteiger partial charge >= 0.3 is 5.97 Å². The van der Waals surface area contributed by atoms with Crippen LogP contribution < -0.4 is 4.74 Å². The van der Waals surface area contributed by atoms with Gasteiger partial charge in [0.15, 0.2) is 0 Å². The van der Waals surface area contributed by atoms with Crippen molar-refractivity contribution in [2.45, 2.75) is 6.92 Å². The Morgan fingerprint density at radius 2 is 2.09 bits per heavy atom. The Morgan fingerprint density at radius 3 is 2.74 bits per heavy atom. The summed E-state index contributed by atoms with van der Waals surface area (Å²) in [7, 11) is 1.34. The molecule has 0 heterocycles. The number of hydrogen-bond acceptors (Lipinski definition) is 4. The van der Waals surface area contributed by atoms with Gasteiger partial charge in [-0.3, -0.25) is 4.99 Å². The number of halogens is 2. The number of carbonyl (C=O) groups is 1. The molecule has 0 aliphatic carbocycles. The zero-order valence-corrected chi connectivity index (χ0v) is 15.6. The van der Waals surface area contributed by atoms with E-state index >= 15 is 0 Å². The van der Waals surface area contributed by atoms with E-state index in [4.69, 9.17) is 21.1 Å². The average Bonchev–Trinajstić information content (AvgIpc) is 2.55. The van der Waals surface area contributed by atoms with Crippen LogP contribution in [-0.2, 0) is 4.74 Å². The quantitative estimate of drug-likeness (QED) is 0.376. The van der Waals surface area contributed by atoms with Crippen LogP contribution in [-0.4, -0.2) is 25.9 Å². The molecule has 0 aromatic heterocycles. The van der Waals surface area contributed by atoms with Crippen LogP contribution in [0.4, 0.5) is 5.69 Å². The standard InChI is InChI=1S/C17H15ClINO3/c1-3-23-16-7-4-11(8-14(16)19)10-20-15-9-12(17(21)22-2)5-6-13(15)18/h4-10H,3H2,1-2H3. The molecule has 120 valence electrons. The number of hydrogen-bond donors (Lipinski definition) is 0. The largest absolute Gasteiger partial charge is 0.493 e. The predicted molar refractivity (Wildman–Crippen MR) is 100 cm³/mol. The topological polar surface area (TPSA) is 47.9 Å². The van der Waals surface area contributed by atoms with Crippen molar-refractivity contribution in [3.63, 3.8) is 0 Å². The van der Waals surface area contributed by atoms with Crippen molar-refractivity contribution in [1.82, 2.24) is 0 Å². The molecule has 0 radical (unpaired) electrons. The van der Waals surface area contributed by atoms with Crippen molar-refractivity contribution < 1.29 is 14.3 Å². The van der Waals surface area contributed by atoms with Gasteiger partial charge in [-0.2, -0.15) is 0 Å². The molecule has 2 rings (SSSR count). The summed E-state index contributed by atoms with van der Waals surface area (Å²) < 4.78 is 11.2. The van der Waals surface area contributed by atoms with Crippen molar-refractivity contribution in [3.8, 4) is 5.75 Å². The van der Waals surface area contributed by atoms with Gasteiger partial charge in [-0.25, -0.2) is 4.79 Å². The van der Waals surface area contributed by atoms with Crippen LogP contribution in [0.5, 0.6) is 5.75 Å². The van der Waals surface area contributed by atoms with Crippen molar-refractivity contribution >= 4 is 52.1 Å². The van der Waals surface area contributed by atoms with Gasteiger partial charge in [-0.15, -0.1) is 0 Å². The minimum absolute atomic E-state index is 0.408. The lowest BCUT2D eigenvalue weighted by Crippen LogP contribution is -2.00. The summed E-state index contributed by atoms with van der Waals surface area (Å²) in [5, 5.41) is 0.467. The van der Waals surface area contributed by atoms with E-state index in [2.05, 4.69) is 27.6 Å².